The maximum Gasteiger partial charge on any atom is 0.126 e. The minimum atomic E-state index is -0.0892. The number of hydrogen-bond donors (Lipinski definition) is 0. The van der Waals surface area contributed by atoms with Crippen LogP contribution >= 0.6 is 31.9 Å². The zero-order chi connectivity index (χ0) is 10.8. The van der Waals surface area contributed by atoms with Crippen molar-refractivity contribution in [1.29, 1.82) is 0 Å². The van der Waals surface area contributed by atoms with Gasteiger partial charge in [0.05, 0.1) is 0 Å². The molecule has 0 amide bonds. The Balaban J connectivity index is 1.94. The minimum Gasteiger partial charge on any atom is -0.207 e. The first kappa shape index (κ1) is 11.6. The van der Waals surface area contributed by atoms with Gasteiger partial charge in [0.2, 0.25) is 0 Å². The van der Waals surface area contributed by atoms with E-state index >= 15 is 0 Å². The summed E-state index contributed by atoms with van der Waals surface area (Å²) in [5.74, 6) is 0.744. The second kappa shape index (κ2) is 4.96. The molecule has 0 N–H and O–H groups in total. The fourth-order valence-electron chi connectivity index (χ4n) is 1.72. The Morgan fingerprint density at radius 2 is 2.13 bits per heavy atom. The molecule has 0 nitrogen and oxygen atoms in total. The molecule has 0 bridgehead atoms. The lowest BCUT2D eigenvalue weighted by Gasteiger charge is -2.08. The quantitative estimate of drug-likeness (QED) is 0.700. The summed E-state index contributed by atoms with van der Waals surface area (Å²) in [4.78, 5) is 0.566. The third kappa shape index (κ3) is 3.28. The Bertz CT molecular complexity index is 347. The molecule has 82 valence electrons. The van der Waals surface area contributed by atoms with Crippen LogP contribution in [0.2, 0.25) is 0 Å². The van der Waals surface area contributed by atoms with Crippen LogP contribution in [0.4, 0.5) is 4.39 Å². The lowest BCUT2D eigenvalue weighted by atomic mass is 10.1. The average Bonchev–Trinajstić information content (AvgIpc) is 3.02. The Kier molecular flexibility index (Phi) is 3.83. The van der Waals surface area contributed by atoms with E-state index in [1.54, 1.807) is 6.07 Å². The highest BCUT2D eigenvalue weighted by Gasteiger charge is 2.28. The third-order valence-electron chi connectivity index (χ3n) is 2.83. The molecule has 1 unspecified atom stereocenters. The van der Waals surface area contributed by atoms with Gasteiger partial charge in [0.1, 0.15) is 5.82 Å². The van der Waals surface area contributed by atoms with Crippen LogP contribution in [0.3, 0.4) is 0 Å². The second-order valence-electron chi connectivity index (χ2n) is 4.13. The van der Waals surface area contributed by atoms with Gasteiger partial charge in [-0.15, -0.1) is 0 Å². The Hall–Kier alpha value is 0.110. The van der Waals surface area contributed by atoms with Gasteiger partial charge >= 0.3 is 0 Å². The van der Waals surface area contributed by atoms with Crippen molar-refractivity contribution in [2.75, 3.05) is 0 Å². The molecule has 1 aromatic rings. The Morgan fingerprint density at radius 3 is 2.80 bits per heavy atom. The van der Waals surface area contributed by atoms with Crippen LogP contribution in [0.1, 0.15) is 24.8 Å². The van der Waals surface area contributed by atoms with E-state index in [1.807, 2.05) is 6.07 Å². The summed E-state index contributed by atoms with van der Waals surface area (Å²) in [6.07, 6.45) is 4.50. The van der Waals surface area contributed by atoms with Crippen LogP contribution in [-0.4, -0.2) is 4.83 Å². The summed E-state index contributed by atoms with van der Waals surface area (Å²) in [5, 5.41) is 0. The van der Waals surface area contributed by atoms with Crippen molar-refractivity contribution in [3.8, 4) is 0 Å². The van der Waals surface area contributed by atoms with Gasteiger partial charge in [0.15, 0.2) is 0 Å². The largest absolute Gasteiger partial charge is 0.207 e. The molecule has 1 saturated carbocycles. The highest BCUT2D eigenvalue weighted by Crippen LogP contribution is 2.38. The lowest BCUT2D eigenvalue weighted by Crippen LogP contribution is -2.03. The van der Waals surface area contributed by atoms with Gasteiger partial charge in [-0.25, -0.2) is 4.39 Å². The van der Waals surface area contributed by atoms with Crippen molar-refractivity contribution in [3.63, 3.8) is 0 Å². The van der Waals surface area contributed by atoms with E-state index in [4.69, 9.17) is 0 Å². The second-order valence-corrected chi connectivity index (χ2v) is 6.22. The first-order valence-corrected chi connectivity index (χ1v) is 6.95. The first-order valence-electron chi connectivity index (χ1n) is 5.25. The highest BCUT2D eigenvalue weighted by molar-refractivity contribution is 9.10. The first-order chi connectivity index (χ1) is 7.16. The SMILES string of the molecule is Fc1ccc(Br)cc1CCC(Br)C1CC1. The number of rotatable bonds is 4. The van der Waals surface area contributed by atoms with Crippen LogP contribution in [0.5, 0.6) is 0 Å². The predicted molar refractivity (Wildman–Crippen MR) is 67.9 cm³/mol. The molecule has 0 aromatic heterocycles. The number of hydrogen-bond acceptors (Lipinski definition) is 0. The van der Waals surface area contributed by atoms with Gasteiger partial charge in [0.25, 0.3) is 0 Å². The topological polar surface area (TPSA) is 0 Å². The summed E-state index contributed by atoms with van der Waals surface area (Å²) in [5.41, 5.74) is 0.814. The van der Waals surface area contributed by atoms with Crippen LogP contribution in [0.25, 0.3) is 0 Å². The monoisotopic (exact) mass is 334 g/mol. The molecule has 1 aliphatic carbocycles. The molecule has 0 spiro atoms. The predicted octanol–water partition coefficient (Wildman–Crippen LogP) is 4.69. The number of benzene rings is 1. The van der Waals surface area contributed by atoms with Crippen molar-refractivity contribution in [1.82, 2.24) is 0 Å². The molecule has 2 rings (SSSR count). The number of alkyl halides is 1. The number of halogens is 3. The molecule has 0 heterocycles. The molecule has 1 aromatic carbocycles. The van der Waals surface area contributed by atoms with Crippen LogP contribution in [0.15, 0.2) is 22.7 Å². The van der Waals surface area contributed by atoms with Gasteiger partial charge in [-0.1, -0.05) is 31.9 Å². The molecule has 0 aliphatic heterocycles. The molecule has 1 aliphatic rings. The molecule has 0 saturated heterocycles. The summed E-state index contributed by atoms with van der Waals surface area (Å²) in [6.45, 7) is 0. The van der Waals surface area contributed by atoms with Crippen molar-refractivity contribution in [2.45, 2.75) is 30.5 Å². The lowest BCUT2D eigenvalue weighted by molar-refractivity contribution is 0.597. The van der Waals surface area contributed by atoms with Gasteiger partial charge < -0.3 is 0 Å². The summed E-state index contributed by atoms with van der Waals surface area (Å²) in [7, 11) is 0. The van der Waals surface area contributed by atoms with Gasteiger partial charge in [-0.3, -0.25) is 0 Å². The van der Waals surface area contributed by atoms with Gasteiger partial charge in [0, 0.05) is 9.30 Å². The van der Waals surface area contributed by atoms with Crippen LogP contribution < -0.4 is 0 Å². The standard InChI is InChI=1S/C12H13Br2F/c13-10-4-6-12(15)9(7-10)3-5-11(14)8-1-2-8/h4,6-8,11H,1-3,5H2. The molecule has 1 fully saturated rings. The van der Waals surface area contributed by atoms with Crippen molar-refractivity contribution >= 4 is 31.9 Å². The zero-order valence-electron chi connectivity index (χ0n) is 8.35. The highest BCUT2D eigenvalue weighted by atomic mass is 79.9. The molecular formula is C12H13Br2F. The Morgan fingerprint density at radius 1 is 1.40 bits per heavy atom. The summed E-state index contributed by atoms with van der Waals surface area (Å²) >= 11 is 7.04. The molecular weight excluding hydrogens is 323 g/mol. The van der Waals surface area contributed by atoms with Crippen molar-refractivity contribution in [2.24, 2.45) is 5.92 Å². The van der Waals surface area contributed by atoms with E-state index < -0.39 is 0 Å². The van der Waals surface area contributed by atoms with Crippen molar-refractivity contribution < 1.29 is 4.39 Å². The number of aryl methyl sites for hydroxylation is 1. The molecule has 1 atom stereocenters. The third-order valence-corrected chi connectivity index (χ3v) is 4.53. The summed E-state index contributed by atoms with van der Waals surface area (Å²) in [6, 6.07) is 5.15. The van der Waals surface area contributed by atoms with E-state index in [1.165, 1.54) is 18.9 Å². The van der Waals surface area contributed by atoms with E-state index in [-0.39, 0.29) is 5.82 Å². The molecule has 15 heavy (non-hydrogen) atoms. The zero-order valence-corrected chi connectivity index (χ0v) is 11.5. The van der Waals surface area contributed by atoms with E-state index in [0.29, 0.717) is 4.83 Å². The fourth-order valence-corrected chi connectivity index (χ4v) is 2.89. The fraction of sp³-hybridized carbons (Fsp3) is 0.500. The minimum absolute atomic E-state index is 0.0892. The Labute approximate surface area is 107 Å². The van der Waals surface area contributed by atoms with Gasteiger partial charge in [-0.05, 0) is 55.4 Å². The van der Waals surface area contributed by atoms with E-state index in [9.17, 15) is 4.39 Å². The smallest absolute Gasteiger partial charge is 0.126 e. The summed E-state index contributed by atoms with van der Waals surface area (Å²) < 4.78 is 14.4. The maximum atomic E-state index is 13.4. The van der Waals surface area contributed by atoms with Crippen molar-refractivity contribution in [3.05, 3.63) is 34.1 Å². The van der Waals surface area contributed by atoms with Crippen LogP contribution in [0, 0.1) is 11.7 Å². The molecule has 3 heteroatoms. The van der Waals surface area contributed by atoms with Crippen LogP contribution in [-0.2, 0) is 6.42 Å². The van der Waals surface area contributed by atoms with Gasteiger partial charge in [-0.2, -0.15) is 0 Å². The van der Waals surface area contributed by atoms with E-state index in [2.05, 4.69) is 31.9 Å². The maximum absolute atomic E-state index is 13.4. The average molecular weight is 336 g/mol. The van der Waals surface area contributed by atoms with E-state index in [0.717, 1.165) is 28.8 Å². The molecule has 0 radical (unpaired) electrons. The normalized spacial score (nSPS) is 17.8.